The largest absolute Gasteiger partial charge is 0.480 e. The number of carboxylic acid groups (broad SMARTS) is 1. The molecular weight excluding hydrogens is 424 g/mol. The number of aromatic nitrogens is 2. The SMILES string of the molecule is CCC(C)C(NC(=O)CN)C(=O)NC(Cc1cnc[nH]1)C(=O)NC(CCSC)C(=O)O. The first kappa shape index (κ1) is 26.4. The third-order valence-electron chi connectivity index (χ3n) is 4.83. The average Bonchev–Trinajstić information content (AvgIpc) is 3.26. The molecule has 1 aromatic heterocycles. The van der Waals surface area contributed by atoms with Crippen molar-refractivity contribution in [2.75, 3.05) is 18.6 Å². The molecule has 1 heterocycles. The molecule has 0 aliphatic carbocycles. The van der Waals surface area contributed by atoms with Crippen LogP contribution in [0.4, 0.5) is 0 Å². The predicted octanol–water partition coefficient (Wildman–Crippen LogP) is -0.751. The number of carbonyl (C=O) groups is 4. The number of aliphatic carboxylic acids is 1. The molecule has 1 rings (SSSR count). The van der Waals surface area contributed by atoms with Gasteiger partial charge in [0.2, 0.25) is 17.7 Å². The minimum absolute atomic E-state index is 0.0739. The molecule has 0 fully saturated rings. The highest BCUT2D eigenvalue weighted by molar-refractivity contribution is 7.98. The second-order valence-corrected chi connectivity index (χ2v) is 8.14. The van der Waals surface area contributed by atoms with E-state index in [0.29, 0.717) is 17.9 Å². The van der Waals surface area contributed by atoms with E-state index in [9.17, 15) is 24.3 Å². The number of thioether (sulfide) groups is 1. The molecule has 0 aliphatic rings. The van der Waals surface area contributed by atoms with Gasteiger partial charge in [0.25, 0.3) is 0 Å². The van der Waals surface area contributed by atoms with E-state index in [1.165, 1.54) is 24.3 Å². The van der Waals surface area contributed by atoms with Crippen LogP contribution in [0.5, 0.6) is 0 Å². The highest BCUT2D eigenvalue weighted by Gasteiger charge is 2.31. The van der Waals surface area contributed by atoms with Gasteiger partial charge in [0.15, 0.2) is 0 Å². The van der Waals surface area contributed by atoms with E-state index in [1.54, 1.807) is 6.92 Å². The first-order valence-electron chi connectivity index (χ1n) is 10.0. The van der Waals surface area contributed by atoms with Crippen LogP contribution in [0.25, 0.3) is 0 Å². The minimum Gasteiger partial charge on any atom is -0.480 e. The molecule has 174 valence electrons. The van der Waals surface area contributed by atoms with Crippen molar-refractivity contribution in [1.82, 2.24) is 25.9 Å². The lowest BCUT2D eigenvalue weighted by Crippen LogP contribution is -2.58. The summed E-state index contributed by atoms with van der Waals surface area (Å²) in [5.74, 6) is -2.48. The van der Waals surface area contributed by atoms with Crippen LogP contribution < -0.4 is 21.7 Å². The summed E-state index contributed by atoms with van der Waals surface area (Å²) in [6.45, 7) is 3.40. The molecule has 0 spiro atoms. The summed E-state index contributed by atoms with van der Waals surface area (Å²) >= 11 is 1.47. The first-order chi connectivity index (χ1) is 14.7. The lowest BCUT2D eigenvalue weighted by molar-refractivity contribution is -0.142. The monoisotopic (exact) mass is 456 g/mol. The van der Waals surface area contributed by atoms with Crippen molar-refractivity contribution in [3.05, 3.63) is 18.2 Å². The van der Waals surface area contributed by atoms with Crippen LogP contribution in [0, 0.1) is 5.92 Å². The normalized spacial score (nSPS) is 14.7. The Bertz CT molecular complexity index is 729. The van der Waals surface area contributed by atoms with Gasteiger partial charge in [-0.25, -0.2) is 9.78 Å². The summed E-state index contributed by atoms with van der Waals surface area (Å²) in [4.78, 5) is 55.9. The van der Waals surface area contributed by atoms with Gasteiger partial charge >= 0.3 is 5.97 Å². The maximum Gasteiger partial charge on any atom is 0.326 e. The smallest absolute Gasteiger partial charge is 0.326 e. The van der Waals surface area contributed by atoms with Crippen molar-refractivity contribution in [1.29, 1.82) is 0 Å². The molecule has 12 heteroatoms. The number of rotatable bonds is 14. The lowest BCUT2D eigenvalue weighted by Gasteiger charge is -2.27. The first-order valence-corrected chi connectivity index (χ1v) is 11.4. The lowest BCUT2D eigenvalue weighted by atomic mass is 9.97. The molecule has 0 saturated carbocycles. The van der Waals surface area contributed by atoms with Crippen molar-refractivity contribution < 1.29 is 24.3 Å². The fraction of sp³-hybridized carbons (Fsp3) is 0.632. The van der Waals surface area contributed by atoms with Gasteiger partial charge < -0.3 is 31.8 Å². The highest BCUT2D eigenvalue weighted by Crippen LogP contribution is 2.10. The van der Waals surface area contributed by atoms with Crippen LogP contribution in [-0.4, -0.2) is 75.4 Å². The van der Waals surface area contributed by atoms with E-state index in [4.69, 9.17) is 5.73 Å². The zero-order valence-corrected chi connectivity index (χ0v) is 18.8. The van der Waals surface area contributed by atoms with Gasteiger partial charge in [0, 0.05) is 18.3 Å². The third kappa shape index (κ3) is 8.97. The van der Waals surface area contributed by atoms with Crippen LogP contribution in [0.15, 0.2) is 12.5 Å². The number of imidazole rings is 1. The molecule has 0 aromatic carbocycles. The van der Waals surface area contributed by atoms with Crippen LogP contribution in [-0.2, 0) is 25.6 Å². The molecule has 0 bridgehead atoms. The molecule has 4 atom stereocenters. The van der Waals surface area contributed by atoms with Crippen LogP contribution in [0.3, 0.4) is 0 Å². The fourth-order valence-corrected chi connectivity index (χ4v) is 3.26. The maximum absolute atomic E-state index is 12.9. The Hall–Kier alpha value is -2.60. The van der Waals surface area contributed by atoms with Crippen LogP contribution in [0.2, 0.25) is 0 Å². The molecule has 31 heavy (non-hydrogen) atoms. The Labute approximate surface area is 185 Å². The number of nitrogens with zero attached hydrogens (tertiary/aromatic N) is 1. The summed E-state index contributed by atoms with van der Waals surface area (Å²) in [5, 5.41) is 17.1. The van der Waals surface area contributed by atoms with Gasteiger partial charge in [-0.1, -0.05) is 20.3 Å². The number of H-pyrrole nitrogens is 1. The summed E-state index contributed by atoms with van der Waals surface area (Å²) in [6, 6.07) is -3.03. The molecule has 3 amide bonds. The van der Waals surface area contributed by atoms with Crippen LogP contribution in [0.1, 0.15) is 32.4 Å². The summed E-state index contributed by atoms with van der Waals surface area (Å²) < 4.78 is 0. The highest BCUT2D eigenvalue weighted by atomic mass is 32.2. The number of carboxylic acids is 1. The van der Waals surface area contributed by atoms with E-state index < -0.39 is 41.8 Å². The van der Waals surface area contributed by atoms with E-state index >= 15 is 0 Å². The zero-order valence-electron chi connectivity index (χ0n) is 18.0. The molecule has 1 aromatic rings. The number of amides is 3. The van der Waals surface area contributed by atoms with Gasteiger partial charge in [-0.2, -0.15) is 11.8 Å². The molecule has 0 saturated heterocycles. The van der Waals surface area contributed by atoms with E-state index in [-0.39, 0.29) is 25.3 Å². The number of aromatic amines is 1. The Kier molecular flexibility index (Phi) is 11.6. The van der Waals surface area contributed by atoms with Crippen molar-refractivity contribution in [3.8, 4) is 0 Å². The number of nitrogens with one attached hydrogen (secondary N) is 4. The molecule has 0 radical (unpaired) electrons. The predicted molar refractivity (Wildman–Crippen MR) is 117 cm³/mol. The second kappa shape index (κ2) is 13.7. The standard InChI is InChI=1S/C19H32N6O5S/c1-4-11(2)16(25-15(26)8-20)18(28)24-14(7-12-9-21-10-22-12)17(27)23-13(19(29)30)5-6-31-3/h9-11,13-14,16H,4-8,20H2,1-3H3,(H,21,22)(H,23,27)(H,24,28)(H,25,26)(H,29,30). The second-order valence-electron chi connectivity index (χ2n) is 7.16. The fourth-order valence-electron chi connectivity index (χ4n) is 2.79. The quantitative estimate of drug-likeness (QED) is 0.211. The Balaban J connectivity index is 3.02. The van der Waals surface area contributed by atoms with E-state index in [1.807, 2.05) is 13.2 Å². The van der Waals surface area contributed by atoms with Gasteiger partial charge in [-0.15, -0.1) is 0 Å². The minimum atomic E-state index is -1.15. The summed E-state index contributed by atoms with van der Waals surface area (Å²) in [5.41, 5.74) is 5.93. The molecule has 7 N–H and O–H groups in total. The molecular formula is C19H32N6O5S. The number of nitrogens with two attached hydrogens (primary N) is 1. The van der Waals surface area contributed by atoms with Crippen molar-refractivity contribution in [2.45, 2.75) is 51.2 Å². The third-order valence-corrected chi connectivity index (χ3v) is 5.48. The number of hydrogen-bond acceptors (Lipinski definition) is 7. The van der Waals surface area contributed by atoms with Crippen molar-refractivity contribution in [2.24, 2.45) is 11.7 Å². The van der Waals surface area contributed by atoms with Gasteiger partial charge in [-0.05, 0) is 24.3 Å². The number of hydrogen-bond donors (Lipinski definition) is 6. The average molecular weight is 457 g/mol. The Morgan fingerprint density at radius 2 is 1.87 bits per heavy atom. The topological polar surface area (TPSA) is 179 Å². The summed E-state index contributed by atoms with van der Waals surface area (Å²) in [6.07, 6.45) is 5.72. The van der Waals surface area contributed by atoms with Crippen molar-refractivity contribution in [3.63, 3.8) is 0 Å². The van der Waals surface area contributed by atoms with Gasteiger partial charge in [0.1, 0.15) is 18.1 Å². The molecule has 0 aliphatic heterocycles. The van der Waals surface area contributed by atoms with Crippen molar-refractivity contribution >= 4 is 35.5 Å². The molecule has 11 nitrogen and oxygen atoms in total. The summed E-state index contributed by atoms with van der Waals surface area (Å²) in [7, 11) is 0. The number of carbonyl (C=O) groups excluding carboxylic acids is 3. The van der Waals surface area contributed by atoms with Gasteiger partial charge in [-0.3, -0.25) is 14.4 Å². The van der Waals surface area contributed by atoms with E-state index in [2.05, 4.69) is 25.9 Å². The molecule has 4 unspecified atom stereocenters. The Morgan fingerprint density at radius 3 is 2.39 bits per heavy atom. The van der Waals surface area contributed by atoms with Gasteiger partial charge in [0.05, 0.1) is 12.9 Å². The maximum atomic E-state index is 12.9. The zero-order chi connectivity index (χ0) is 23.4. The van der Waals surface area contributed by atoms with Crippen LogP contribution >= 0.6 is 11.8 Å². The Morgan fingerprint density at radius 1 is 1.19 bits per heavy atom. The van der Waals surface area contributed by atoms with E-state index in [0.717, 1.165) is 0 Å².